The van der Waals surface area contributed by atoms with E-state index in [0.717, 1.165) is 32.0 Å². The molecule has 0 amide bonds. The molecule has 1 aromatic heterocycles. The highest BCUT2D eigenvalue weighted by atomic mass is 32.1. The van der Waals surface area contributed by atoms with Crippen LogP contribution in [0.15, 0.2) is 0 Å². The molecule has 0 aromatic carbocycles. The molecule has 94 valence electrons. The minimum absolute atomic E-state index is 0.285. The lowest BCUT2D eigenvalue weighted by molar-refractivity contribution is 0.111. The zero-order valence-electron chi connectivity index (χ0n) is 10.4. The van der Waals surface area contributed by atoms with Gasteiger partial charge in [-0.25, -0.2) is 4.98 Å². The zero-order valence-corrected chi connectivity index (χ0v) is 11.2. The first-order valence-corrected chi connectivity index (χ1v) is 7.52. The average molecular weight is 252 g/mol. The van der Waals surface area contributed by atoms with E-state index in [1.807, 2.05) is 11.3 Å². The normalized spacial score (nSPS) is 24.4. The number of nitrogens with zero attached hydrogens (tertiary/aromatic N) is 1. The van der Waals surface area contributed by atoms with Crippen molar-refractivity contribution in [2.45, 2.75) is 51.2 Å². The molecule has 1 saturated heterocycles. The van der Waals surface area contributed by atoms with Gasteiger partial charge in [0.2, 0.25) is 0 Å². The summed E-state index contributed by atoms with van der Waals surface area (Å²) in [5.74, 6) is 0.745. The number of hydrogen-bond acceptors (Lipinski definition) is 4. The van der Waals surface area contributed by atoms with E-state index in [1.165, 1.54) is 34.8 Å². The first-order valence-electron chi connectivity index (χ1n) is 6.70. The Morgan fingerprint density at radius 1 is 1.41 bits per heavy atom. The minimum atomic E-state index is 0.285. The SMILES string of the molecule is CCNCc1sc(C2CCCO2)nc1C1CC1. The van der Waals surface area contributed by atoms with Gasteiger partial charge >= 0.3 is 0 Å². The topological polar surface area (TPSA) is 34.1 Å². The fraction of sp³-hybridized carbons (Fsp3) is 0.769. The second-order valence-corrected chi connectivity index (χ2v) is 6.03. The van der Waals surface area contributed by atoms with Gasteiger partial charge in [-0.3, -0.25) is 0 Å². The zero-order chi connectivity index (χ0) is 11.7. The summed E-state index contributed by atoms with van der Waals surface area (Å²) in [5.41, 5.74) is 1.36. The smallest absolute Gasteiger partial charge is 0.122 e. The Morgan fingerprint density at radius 3 is 2.94 bits per heavy atom. The molecule has 0 spiro atoms. The monoisotopic (exact) mass is 252 g/mol. The lowest BCUT2D eigenvalue weighted by atomic mass is 10.2. The average Bonchev–Trinajstić information content (AvgIpc) is 2.90. The maximum Gasteiger partial charge on any atom is 0.122 e. The van der Waals surface area contributed by atoms with E-state index in [9.17, 15) is 0 Å². The highest BCUT2D eigenvalue weighted by Crippen LogP contribution is 2.44. The van der Waals surface area contributed by atoms with Crippen LogP contribution in [0.25, 0.3) is 0 Å². The van der Waals surface area contributed by atoms with Gasteiger partial charge in [-0.05, 0) is 32.2 Å². The van der Waals surface area contributed by atoms with Gasteiger partial charge in [0, 0.05) is 23.9 Å². The van der Waals surface area contributed by atoms with E-state index in [4.69, 9.17) is 9.72 Å². The standard InChI is InChI=1S/C13H20N2OS/c1-2-14-8-11-12(9-5-6-9)15-13(17-11)10-4-3-7-16-10/h9-10,14H,2-8H2,1H3. The summed E-state index contributed by atoms with van der Waals surface area (Å²) in [5, 5.41) is 4.64. The lowest BCUT2D eigenvalue weighted by Crippen LogP contribution is -2.11. The van der Waals surface area contributed by atoms with E-state index in [0.29, 0.717) is 0 Å². The summed E-state index contributed by atoms with van der Waals surface area (Å²) in [6, 6.07) is 0. The minimum Gasteiger partial charge on any atom is -0.371 e. The molecular weight excluding hydrogens is 232 g/mol. The molecule has 2 heterocycles. The van der Waals surface area contributed by atoms with Crippen molar-refractivity contribution < 1.29 is 4.74 Å². The van der Waals surface area contributed by atoms with Crippen molar-refractivity contribution in [1.82, 2.24) is 10.3 Å². The molecule has 17 heavy (non-hydrogen) atoms. The van der Waals surface area contributed by atoms with Gasteiger partial charge in [-0.15, -0.1) is 11.3 Å². The second kappa shape index (κ2) is 5.04. The molecule has 1 aliphatic heterocycles. The van der Waals surface area contributed by atoms with Crippen LogP contribution in [0.1, 0.15) is 60.2 Å². The van der Waals surface area contributed by atoms with Gasteiger partial charge < -0.3 is 10.1 Å². The molecule has 1 unspecified atom stereocenters. The lowest BCUT2D eigenvalue weighted by Gasteiger charge is -2.03. The molecule has 1 saturated carbocycles. The number of aromatic nitrogens is 1. The van der Waals surface area contributed by atoms with Crippen LogP contribution in [0.4, 0.5) is 0 Å². The summed E-state index contributed by atoms with van der Waals surface area (Å²) in [6.45, 7) is 5.06. The third-order valence-corrected chi connectivity index (χ3v) is 4.61. The summed E-state index contributed by atoms with van der Waals surface area (Å²) in [7, 11) is 0. The van der Waals surface area contributed by atoms with E-state index >= 15 is 0 Å². The van der Waals surface area contributed by atoms with Gasteiger partial charge in [0.15, 0.2) is 0 Å². The van der Waals surface area contributed by atoms with Crippen molar-refractivity contribution in [3.05, 3.63) is 15.6 Å². The van der Waals surface area contributed by atoms with Crippen LogP contribution in [0.2, 0.25) is 0 Å². The van der Waals surface area contributed by atoms with Crippen molar-refractivity contribution in [2.24, 2.45) is 0 Å². The molecule has 4 heteroatoms. The highest BCUT2D eigenvalue weighted by molar-refractivity contribution is 7.11. The van der Waals surface area contributed by atoms with Crippen LogP contribution in [0, 0.1) is 0 Å². The van der Waals surface area contributed by atoms with Crippen molar-refractivity contribution in [1.29, 1.82) is 0 Å². The molecule has 3 nitrogen and oxygen atoms in total. The van der Waals surface area contributed by atoms with Crippen molar-refractivity contribution in [3.63, 3.8) is 0 Å². The Balaban J connectivity index is 1.79. The third-order valence-electron chi connectivity index (χ3n) is 3.45. The Labute approximate surface area is 107 Å². The van der Waals surface area contributed by atoms with E-state index < -0.39 is 0 Å². The first kappa shape index (κ1) is 11.6. The van der Waals surface area contributed by atoms with Crippen molar-refractivity contribution >= 4 is 11.3 Å². The number of rotatable bonds is 5. The molecule has 0 radical (unpaired) electrons. The van der Waals surface area contributed by atoms with Crippen molar-refractivity contribution in [3.8, 4) is 0 Å². The highest BCUT2D eigenvalue weighted by Gasteiger charge is 2.31. The van der Waals surface area contributed by atoms with Crippen LogP contribution in [-0.4, -0.2) is 18.1 Å². The van der Waals surface area contributed by atoms with Gasteiger partial charge in [0.1, 0.15) is 11.1 Å². The van der Waals surface area contributed by atoms with Crippen LogP contribution >= 0.6 is 11.3 Å². The molecule has 1 N–H and O–H groups in total. The van der Waals surface area contributed by atoms with Gasteiger partial charge in [0.05, 0.1) is 5.69 Å². The van der Waals surface area contributed by atoms with Gasteiger partial charge in [-0.2, -0.15) is 0 Å². The predicted molar refractivity (Wildman–Crippen MR) is 69.4 cm³/mol. The molecule has 1 aromatic rings. The van der Waals surface area contributed by atoms with Crippen LogP contribution in [0.5, 0.6) is 0 Å². The fourth-order valence-corrected chi connectivity index (χ4v) is 3.54. The molecule has 3 rings (SSSR count). The van der Waals surface area contributed by atoms with Gasteiger partial charge in [0.25, 0.3) is 0 Å². The summed E-state index contributed by atoms with van der Waals surface area (Å²) < 4.78 is 5.74. The number of nitrogens with one attached hydrogen (secondary N) is 1. The quantitative estimate of drug-likeness (QED) is 0.874. The Kier molecular flexibility index (Phi) is 3.45. The van der Waals surface area contributed by atoms with E-state index in [-0.39, 0.29) is 6.10 Å². The molecular formula is C13H20N2OS. The van der Waals surface area contributed by atoms with Crippen LogP contribution in [0.3, 0.4) is 0 Å². The first-order chi connectivity index (χ1) is 8.38. The second-order valence-electron chi connectivity index (χ2n) is 4.92. The Morgan fingerprint density at radius 2 is 2.29 bits per heavy atom. The van der Waals surface area contributed by atoms with E-state index in [2.05, 4.69) is 12.2 Å². The molecule has 1 atom stereocenters. The predicted octanol–water partition coefficient (Wildman–Crippen LogP) is 2.98. The Hall–Kier alpha value is -0.450. The summed E-state index contributed by atoms with van der Waals surface area (Å²) in [6.07, 6.45) is 5.28. The molecule has 2 aliphatic rings. The summed E-state index contributed by atoms with van der Waals surface area (Å²) in [4.78, 5) is 6.30. The number of ether oxygens (including phenoxy) is 1. The maximum atomic E-state index is 5.74. The van der Waals surface area contributed by atoms with Crippen LogP contribution in [-0.2, 0) is 11.3 Å². The molecule has 0 bridgehead atoms. The van der Waals surface area contributed by atoms with Crippen LogP contribution < -0.4 is 5.32 Å². The summed E-state index contributed by atoms with van der Waals surface area (Å²) >= 11 is 1.87. The molecule has 2 fully saturated rings. The Bertz CT molecular complexity index is 381. The van der Waals surface area contributed by atoms with E-state index in [1.54, 1.807) is 0 Å². The van der Waals surface area contributed by atoms with Gasteiger partial charge in [-0.1, -0.05) is 6.92 Å². The van der Waals surface area contributed by atoms with Crippen molar-refractivity contribution in [2.75, 3.05) is 13.2 Å². The number of thiazole rings is 1. The number of hydrogen-bond donors (Lipinski definition) is 1. The fourth-order valence-electron chi connectivity index (χ4n) is 2.33. The maximum absolute atomic E-state index is 5.74. The molecule has 1 aliphatic carbocycles. The largest absolute Gasteiger partial charge is 0.371 e. The third kappa shape index (κ3) is 2.54.